The van der Waals surface area contributed by atoms with Crippen LogP contribution in [0.25, 0.3) is 10.9 Å². The SMILES string of the molecule is O=C(O)N1CCN(Cc2ccc3[nH]c(=O)ccc3c2)C(=O)C1. The second-order valence-corrected chi connectivity index (χ2v) is 5.26. The van der Waals surface area contributed by atoms with E-state index in [2.05, 4.69) is 4.98 Å². The number of carbonyl (C=O) groups excluding carboxylic acids is 1. The van der Waals surface area contributed by atoms with E-state index in [1.54, 1.807) is 11.0 Å². The monoisotopic (exact) mass is 301 g/mol. The van der Waals surface area contributed by atoms with Crippen molar-refractivity contribution in [3.63, 3.8) is 0 Å². The predicted octanol–water partition coefficient (Wildman–Crippen LogP) is 0.850. The number of nitrogens with zero attached hydrogens (tertiary/aromatic N) is 2. The third kappa shape index (κ3) is 2.78. The zero-order valence-corrected chi connectivity index (χ0v) is 11.8. The number of carboxylic acid groups (broad SMARTS) is 1. The van der Waals surface area contributed by atoms with Crippen LogP contribution in [0, 0.1) is 0 Å². The van der Waals surface area contributed by atoms with Crippen LogP contribution >= 0.6 is 0 Å². The van der Waals surface area contributed by atoms with Crippen LogP contribution in [0.3, 0.4) is 0 Å². The van der Waals surface area contributed by atoms with E-state index in [0.29, 0.717) is 19.6 Å². The Labute approximate surface area is 125 Å². The Balaban J connectivity index is 1.76. The number of pyridine rings is 1. The maximum atomic E-state index is 12.0. The smallest absolute Gasteiger partial charge is 0.407 e. The number of rotatable bonds is 2. The minimum Gasteiger partial charge on any atom is -0.465 e. The number of nitrogens with one attached hydrogen (secondary N) is 1. The summed E-state index contributed by atoms with van der Waals surface area (Å²) >= 11 is 0. The fourth-order valence-electron chi connectivity index (χ4n) is 2.56. The summed E-state index contributed by atoms with van der Waals surface area (Å²) < 4.78 is 0. The molecule has 114 valence electrons. The average Bonchev–Trinajstić information content (AvgIpc) is 2.49. The van der Waals surface area contributed by atoms with Crippen LogP contribution in [0.15, 0.2) is 35.1 Å². The summed E-state index contributed by atoms with van der Waals surface area (Å²) in [6, 6.07) is 8.78. The minimum absolute atomic E-state index is 0.101. The Kier molecular flexibility index (Phi) is 3.54. The number of benzene rings is 1. The molecule has 1 aromatic carbocycles. The average molecular weight is 301 g/mol. The molecule has 1 aromatic heterocycles. The summed E-state index contributed by atoms with van der Waals surface area (Å²) in [5.74, 6) is -0.199. The topological polar surface area (TPSA) is 93.7 Å². The highest BCUT2D eigenvalue weighted by Crippen LogP contribution is 2.15. The first-order valence-electron chi connectivity index (χ1n) is 6.90. The molecule has 3 rings (SSSR count). The molecule has 22 heavy (non-hydrogen) atoms. The fourth-order valence-corrected chi connectivity index (χ4v) is 2.56. The minimum atomic E-state index is -1.07. The van der Waals surface area contributed by atoms with Gasteiger partial charge in [-0.15, -0.1) is 0 Å². The molecule has 2 aromatic rings. The van der Waals surface area contributed by atoms with Gasteiger partial charge in [-0.05, 0) is 29.1 Å². The molecule has 1 aliphatic heterocycles. The van der Waals surface area contributed by atoms with Gasteiger partial charge in [-0.2, -0.15) is 0 Å². The van der Waals surface area contributed by atoms with E-state index < -0.39 is 6.09 Å². The van der Waals surface area contributed by atoms with Gasteiger partial charge in [0.1, 0.15) is 6.54 Å². The van der Waals surface area contributed by atoms with Crippen molar-refractivity contribution < 1.29 is 14.7 Å². The van der Waals surface area contributed by atoms with Crippen LogP contribution in [-0.2, 0) is 11.3 Å². The zero-order valence-electron chi connectivity index (χ0n) is 11.8. The molecule has 0 spiro atoms. The van der Waals surface area contributed by atoms with E-state index >= 15 is 0 Å². The van der Waals surface area contributed by atoms with Gasteiger partial charge in [-0.1, -0.05) is 6.07 Å². The molecule has 0 saturated carbocycles. The largest absolute Gasteiger partial charge is 0.465 e. The summed E-state index contributed by atoms with van der Waals surface area (Å²) in [5, 5.41) is 9.80. The van der Waals surface area contributed by atoms with Crippen molar-refractivity contribution in [3.8, 4) is 0 Å². The molecule has 0 bridgehead atoms. The number of amides is 2. The highest BCUT2D eigenvalue weighted by molar-refractivity contribution is 5.83. The van der Waals surface area contributed by atoms with Crippen molar-refractivity contribution in [1.29, 1.82) is 0 Å². The highest BCUT2D eigenvalue weighted by Gasteiger charge is 2.26. The van der Waals surface area contributed by atoms with E-state index in [1.807, 2.05) is 18.2 Å². The Hall–Kier alpha value is -2.83. The summed E-state index contributed by atoms with van der Waals surface area (Å²) in [6.07, 6.45) is -1.07. The lowest BCUT2D eigenvalue weighted by Gasteiger charge is -2.32. The van der Waals surface area contributed by atoms with Crippen LogP contribution in [0.2, 0.25) is 0 Å². The lowest BCUT2D eigenvalue weighted by Crippen LogP contribution is -2.51. The Morgan fingerprint density at radius 3 is 2.73 bits per heavy atom. The zero-order chi connectivity index (χ0) is 15.7. The van der Waals surface area contributed by atoms with Crippen molar-refractivity contribution >= 4 is 22.9 Å². The highest BCUT2D eigenvalue weighted by atomic mass is 16.4. The number of hydrogen-bond donors (Lipinski definition) is 2. The number of fused-ring (bicyclic) bond motifs is 1. The molecule has 2 N–H and O–H groups in total. The number of carbonyl (C=O) groups is 2. The number of aromatic nitrogens is 1. The van der Waals surface area contributed by atoms with E-state index in [1.165, 1.54) is 6.07 Å². The molecule has 0 radical (unpaired) electrons. The van der Waals surface area contributed by atoms with E-state index in [-0.39, 0.29) is 18.0 Å². The first kappa shape index (κ1) is 14.1. The predicted molar refractivity (Wildman–Crippen MR) is 79.6 cm³/mol. The van der Waals surface area contributed by atoms with E-state index in [9.17, 15) is 14.4 Å². The van der Waals surface area contributed by atoms with Crippen LogP contribution in [0.4, 0.5) is 4.79 Å². The van der Waals surface area contributed by atoms with E-state index in [4.69, 9.17) is 5.11 Å². The van der Waals surface area contributed by atoms with Gasteiger partial charge in [0.2, 0.25) is 11.5 Å². The number of hydrogen-bond acceptors (Lipinski definition) is 3. The molecule has 7 heteroatoms. The molecule has 1 fully saturated rings. The molecule has 2 heterocycles. The molecule has 0 aliphatic carbocycles. The molecule has 7 nitrogen and oxygen atoms in total. The molecule has 0 unspecified atom stereocenters. The second kappa shape index (κ2) is 5.51. The number of H-pyrrole nitrogens is 1. The summed E-state index contributed by atoms with van der Waals surface area (Å²) in [7, 11) is 0. The Morgan fingerprint density at radius 1 is 1.18 bits per heavy atom. The quantitative estimate of drug-likeness (QED) is 0.860. The van der Waals surface area contributed by atoms with Crippen LogP contribution < -0.4 is 5.56 Å². The van der Waals surface area contributed by atoms with Crippen LogP contribution in [0.5, 0.6) is 0 Å². The maximum Gasteiger partial charge on any atom is 0.407 e. The lowest BCUT2D eigenvalue weighted by molar-refractivity contribution is -0.135. The standard InChI is InChI=1S/C15H15N3O4/c19-13-4-2-11-7-10(1-3-12(11)16-13)8-17-5-6-18(15(21)22)9-14(17)20/h1-4,7H,5-6,8-9H2,(H,16,19)(H,21,22). The number of aromatic amines is 1. The molecular weight excluding hydrogens is 286 g/mol. The van der Waals surface area contributed by atoms with Crippen LogP contribution in [-0.4, -0.2) is 51.5 Å². The molecule has 2 amide bonds. The normalized spacial score (nSPS) is 15.4. The fraction of sp³-hybridized carbons (Fsp3) is 0.267. The molecule has 1 saturated heterocycles. The first-order chi connectivity index (χ1) is 10.5. The Morgan fingerprint density at radius 2 is 2.00 bits per heavy atom. The molecule has 0 atom stereocenters. The molecular formula is C15H15N3O4. The van der Waals surface area contributed by atoms with Crippen molar-refractivity contribution in [2.75, 3.05) is 19.6 Å². The van der Waals surface area contributed by atoms with Gasteiger partial charge in [-0.3, -0.25) is 14.5 Å². The second-order valence-electron chi connectivity index (χ2n) is 5.26. The van der Waals surface area contributed by atoms with Gasteiger partial charge in [0.25, 0.3) is 0 Å². The van der Waals surface area contributed by atoms with Crippen molar-refractivity contribution in [2.24, 2.45) is 0 Å². The summed E-state index contributed by atoms with van der Waals surface area (Å²) in [6.45, 7) is 1.04. The summed E-state index contributed by atoms with van der Waals surface area (Å²) in [4.78, 5) is 39.6. The summed E-state index contributed by atoms with van der Waals surface area (Å²) in [5.41, 5.74) is 1.54. The van der Waals surface area contributed by atoms with Crippen molar-refractivity contribution in [2.45, 2.75) is 6.54 Å². The van der Waals surface area contributed by atoms with Crippen molar-refractivity contribution in [3.05, 3.63) is 46.2 Å². The van der Waals surface area contributed by atoms with Gasteiger partial charge in [-0.25, -0.2) is 4.79 Å². The molecule has 1 aliphatic rings. The number of piperazine rings is 1. The van der Waals surface area contributed by atoms with Crippen LogP contribution in [0.1, 0.15) is 5.56 Å². The van der Waals surface area contributed by atoms with Gasteiger partial charge >= 0.3 is 6.09 Å². The Bertz CT molecular complexity index is 799. The third-order valence-corrected chi connectivity index (χ3v) is 3.75. The maximum absolute atomic E-state index is 12.0. The van der Waals surface area contributed by atoms with Gasteiger partial charge in [0.15, 0.2) is 0 Å². The first-order valence-corrected chi connectivity index (χ1v) is 6.90. The van der Waals surface area contributed by atoms with Gasteiger partial charge in [0, 0.05) is 31.2 Å². The van der Waals surface area contributed by atoms with Crippen molar-refractivity contribution in [1.82, 2.24) is 14.8 Å². The third-order valence-electron chi connectivity index (χ3n) is 3.75. The van der Waals surface area contributed by atoms with E-state index in [0.717, 1.165) is 21.4 Å². The van der Waals surface area contributed by atoms with Gasteiger partial charge in [0.05, 0.1) is 0 Å². The lowest BCUT2D eigenvalue weighted by atomic mass is 10.1. The van der Waals surface area contributed by atoms with Gasteiger partial charge < -0.3 is 15.0 Å².